The van der Waals surface area contributed by atoms with Crippen molar-refractivity contribution in [1.29, 1.82) is 0 Å². The molecule has 0 saturated heterocycles. The Bertz CT molecular complexity index is 4060. The molecular formula is C72H46. The van der Waals surface area contributed by atoms with Crippen LogP contribution in [0.2, 0.25) is 0 Å². The maximum absolute atomic E-state index is 2.38. The van der Waals surface area contributed by atoms with Crippen LogP contribution in [0.25, 0.3) is 143 Å². The summed E-state index contributed by atoms with van der Waals surface area (Å²) in [5.74, 6) is 0. The molecule has 0 aromatic heterocycles. The van der Waals surface area contributed by atoms with Gasteiger partial charge in [-0.3, -0.25) is 0 Å². The molecule has 0 aliphatic carbocycles. The Morgan fingerprint density at radius 1 is 0.0972 bits per heavy atom. The molecule has 0 heterocycles. The predicted octanol–water partition coefficient (Wildman–Crippen LogP) is 20.3. The van der Waals surface area contributed by atoms with Crippen LogP contribution < -0.4 is 0 Å². The van der Waals surface area contributed by atoms with Crippen molar-refractivity contribution in [2.24, 2.45) is 0 Å². The summed E-state index contributed by atoms with van der Waals surface area (Å²) in [6, 6.07) is 103. The van der Waals surface area contributed by atoms with Crippen molar-refractivity contribution >= 4 is 64.6 Å². The average molecular weight is 911 g/mol. The zero-order chi connectivity index (χ0) is 47.5. The fourth-order valence-corrected chi connectivity index (χ4v) is 11.4. The zero-order valence-corrected chi connectivity index (χ0v) is 39.6. The monoisotopic (exact) mass is 910 g/mol. The van der Waals surface area contributed by atoms with Gasteiger partial charge in [-0.25, -0.2) is 0 Å². The Hall–Kier alpha value is -9.36. The Labute approximate surface area is 419 Å². The summed E-state index contributed by atoms with van der Waals surface area (Å²) in [7, 11) is 0. The lowest BCUT2D eigenvalue weighted by Gasteiger charge is -2.13. The van der Waals surface area contributed by atoms with Crippen LogP contribution in [-0.2, 0) is 0 Å². The van der Waals surface area contributed by atoms with Gasteiger partial charge in [0.15, 0.2) is 0 Å². The van der Waals surface area contributed by atoms with Crippen LogP contribution in [-0.4, -0.2) is 0 Å². The van der Waals surface area contributed by atoms with Crippen molar-refractivity contribution in [2.45, 2.75) is 0 Å². The molecule has 0 saturated carbocycles. The van der Waals surface area contributed by atoms with Gasteiger partial charge in [0.25, 0.3) is 0 Å². The maximum Gasteiger partial charge on any atom is -0.00928 e. The fourth-order valence-electron chi connectivity index (χ4n) is 11.4. The third-order valence-electron chi connectivity index (χ3n) is 15.0. The van der Waals surface area contributed by atoms with E-state index < -0.39 is 0 Å². The van der Waals surface area contributed by atoms with Crippen molar-refractivity contribution in [3.05, 3.63) is 279 Å². The summed E-state index contributed by atoms with van der Waals surface area (Å²) in [6.07, 6.45) is 0. The van der Waals surface area contributed by atoms with Gasteiger partial charge in [0, 0.05) is 0 Å². The largest absolute Gasteiger partial charge is 0.0616 e. The molecule has 0 aliphatic rings. The van der Waals surface area contributed by atoms with Gasteiger partial charge < -0.3 is 0 Å². The number of hydrogen-bond donors (Lipinski definition) is 0. The highest BCUT2D eigenvalue weighted by atomic mass is 14.2. The normalized spacial score (nSPS) is 11.6. The predicted molar refractivity (Wildman–Crippen MR) is 310 cm³/mol. The molecular weight excluding hydrogens is 865 g/mol. The lowest BCUT2D eigenvalue weighted by Crippen LogP contribution is -1.86. The summed E-state index contributed by atoms with van der Waals surface area (Å²) < 4.78 is 0. The van der Waals surface area contributed by atoms with E-state index in [9.17, 15) is 0 Å². The molecule has 0 fully saturated rings. The number of hydrogen-bond acceptors (Lipinski definition) is 0. The van der Waals surface area contributed by atoms with Crippen molar-refractivity contribution in [3.63, 3.8) is 0 Å². The van der Waals surface area contributed by atoms with Gasteiger partial charge in [-0.2, -0.15) is 0 Å². The van der Waals surface area contributed by atoms with Crippen molar-refractivity contribution in [1.82, 2.24) is 0 Å². The highest BCUT2D eigenvalue weighted by molar-refractivity contribution is 6.27. The highest BCUT2D eigenvalue weighted by Crippen LogP contribution is 2.40. The quantitative estimate of drug-likeness (QED) is 0.140. The van der Waals surface area contributed by atoms with Crippen LogP contribution in [0.4, 0.5) is 0 Å². The van der Waals surface area contributed by atoms with Gasteiger partial charge in [-0.15, -0.1) is 0 Å². The Morgan fingerprint density at radius 2 is 0.264 bits per heavy atom. The molecule has 0 bridgehead atoms. The van der Waals surface area contributed by atoms with Crippen LogP contribution in [0.1, 0.15) is 0 Å². The third kappa shape index (κ3) is 7.24. The van der Waals surface area contributed by atoms with Crippen LogP contribution in [0.15, 0.2) is 279 Å². The lowest BCUT2D eigenvalue weighted by molar-refractivity contribution is 1.56. The second kappa shape index (κ2) is 17.2. The van der Waals surface area contributed by atoms with Crippen molar-refractivity contribution in [3.8, 4) is 77.9 Å². The van der Waals surface area contributed by atoms with Gasteiger partial charge in [-0.1, -0.05) is 243 Å². The SMILES string of the molecule is c1cc(-c2ccc(-c3cccc(-c4ccc5c6ccccc6c6ccccc6c5c4)c3)cc2)cc(-c2cccc(-c3ccc(-c4cccc(-c5ccc6c7ccccc7c7ccccc7c6c5)c4)cc3)c2)c1. The molecule has 0 unspecified atom stereocenters. The lowest BCUT2D eigenvalue weighted by atomic mass is 9.91. The molecule has 0 spiro atoms. The van der Waals surface area contributed by atoms with Gasteiger partial charge in [-0.05, 0) is 179 Å². The van der Waals surface area contributed by atoms with Crippen LogP contribution >= 0.6 is 0 Å². The van der Waals surface area contributed by atoms with Crippen LogP contribution in [0.5, 0.6) is 0 Å². The molecule has 0 radical (unpaired) electrons. The first-order valence-electron chi connectivity index (χ1n) is 25.0. The number of benzene rings is 14. The molecule has 14 rings (SSSR count). The van der Waals surface area contributed by atoms with Crippen molar-refractivity contribution < 1.29 is 0 Å². The first-order valence-corrected chi connectivity index (χ1v) is 25.0. The Morgan fingerprint density at radius 3 is 0.500 bits per heavy atom. The Balaban J connectivity index is 0.707. The molecule has 14 aromatic rings. The summed E-state index contributed by atoms with van der Waals surface area (Å²) in [5.41, 5.74) is 16.9. The summed E-state index contributed by atoms with van der Waals surface area (Å²) >= 11 is 0. The average Bonchev–Trinajstić information content (AvgIpc) is 3.47. The van der Waals surface area contributed by atoms with E-state index in [1.165, 1.54) is 143 Å². The van der Waals surface area contributed by atoms with E-state index in [0.717, 1.165) is 0 Å². The minimum absolute atomic E-state index is 1.20. The Kier molecular flexibility index (Phi) is 9.96. The first kappa shape index (κ1) is 41.6. The van der Waals surface area contributed by atoms with Crippen molar-refractivity contribution in [2.75, 3.05) is 0 Å². The third-order valence-corrected chi connectivity index (χ3v) is 15.0. The van der Waals surface area contributed by atoms with E-state index >= 15 is 0 Å². The first-order chi connectivity index (χ1) is 35.7. The standard InChI is InChI=1S/C72H46/c1-3-25-65-61(21-1)63-23-5-7-27-67(63)71-45-59(37-39-69(65)71)57-19-11-15-53(43-57)49-33-29-47(30-34-49)51-13-9-17-55(41-51)56-18-10-14-52(42-56)48-31-35-50(36-32-48)54-16-12-20-58(44-54)60-38-40-70-66-26-4-2-22-62(66)64-24-6-8-28-68(64)72(70)46-60/h1-46H. The molecule has 0 atom stereocenters. The number of fused-ring (bicyclic) bond motifs is 12. The van der Waals surface area contributed by atoms with Crippen LogP contribution in [0, 0.1) is 0 Å². The zero-order valence-electron chi connectivity index (χ0n) is 39.6. The van der Waals surface area contributed by atoms with Gasteiger partial charge in [0.1, 0.15) is 0 Å². The van der Waals surface area contributed by atoms with E-state index in [4.69, 9.17) is 0 Å². The molecule has 0 aliphatic heterocycles. The van der Waals surface area contributed by atoms with Gasteiger partial charge >= 0.3 is 0 Å². The molecule has 0 amide bonds. The number of rotatable bonds is 7. The minimum atomic E-state index is 1.20. The minimum Gasteiger partial charge on any atom is -0.0616 e. The molecule has 334 valence electrons. The smallest absolute Gasteiger partial charge is 0.00928 e. The molecule has 0 nitrogen and oxygen atoms in total. The van der Waals surface area contributed by atoms with E-state index in [0.29, 0.717) is 0 Å². The second-order valence-electron chi connectivity index (χ2n) is 19.2. The summed E-state index contributed by atoms with van der Waals surface area (Å²) in [6.45, 7) is 0. The summed E-state index contributed by atoms with van der Waals surface area (Å²) in [4.78, 5) is 0. The molecule has 0 N–H and O–H groups in total. The van der Waals surface area contributed by atoms with E-state index in [2.05, 4.69) is 279 Å². The maximum atomic E-state index is 2.38. The molecule has 0 heteroatoms. The topological polar surface area (TPSA) is 0 Å². The van der Waals surface area contributed by atoms with E-state index in [-0.39, 0.29) is 0 Å². The van der Waals surface area contributed by atoms with Gasteiger partial charge in [0.2, 0.25) is 0 Å². The highest BCUT2D eigenvalue weighted by Gasteiger charge is 2.13. The van der Waals surface area contributed by atoms with E-state index in [1.807, 2.05) is 0 Å². The van der Waals surface area contributed by atoms with Gasteiger partial charge in [0.05, 0.1) is 0 Å². The second-order valence-corrected chi connectivity index (χ2v) is 19.2. The molecule has 14 aromatic carbocycles. The summed E-state index contributed by atoms with van der Waals surface area (Å²) in [5, 5.41) is 15.6. The van der Waals surface area contributed by atoms with E-state index in [1.54, 1.807) is 0 Å². The van der Waals surface area contributed by atoms with Crippen LogP contribution in [0.3, 0.4) is 0 Å². The fraction of sp³-hybridized carbons (Fsp3) is 0. The molecule has 72 heavy (non-hydrogen) atoms.